The third-order valence-corrected chi connectivity index (χ3v) is 2.71. The number of nitrogens with one attached hydrogen (secondary N) is 1. The fourth-order valence-electron chi connectivity index (χ4n) is 1.48. The van der Waals surface area contributed by atoms with E-state index >= 15 is 0 Å². The zero-order chi connectivity index (χ0) is 11.1. The summed E-state index contributed by atoms with van der Waals surface area (Å²) in [5, 5.41) is 12.1. The molecule has 0 bridgehead atoms. The Hall–Kier alpha value is -0.570. The van der Waals surface area contributed by atoms with Gasteiger partial charge in [0, 0.05) is 0 Å². The van der Waals surface area contributed by atoms with Gasteiger partial charge in [-0.2, -0.15) is 0 Å². The molecule has 84 valence electrons. The molecule has 0 saturated heterocycles. The van der Waals surface area contributed by atoms with Crippen LogP contribution in [0.25, 0.3) is 0 Å². The highest BCUT2D eigenvalue weighted by atomic mass is 16.4. The van der Waals surface area contributed by atoms with Crippen molar-refractivity contribution in [2.75, 3.05) is 6.54 Å². The lowest BCUT2D eigenvalue weighted by Crippen LogP contribution is -2.43. The maximum atomic E-state index is 10.9. The summed E-state index contributed by atoms with van der Waals surface area (Å²) in [4.78, 5) is 10.9. The maximum absolute atomic E-state index is 10.9. The Labute approximate surface area is 86.9 Å². The number of rotatable bonds is 7. The largest absolute Gasteiger partial charge is 0.480 e. The quantitative estimate of drug-likeness (QED) is 0.663. The minimum Gasteiger partial charge on any atom is -0.480 e. The van der Waals surface area contributed by atoms with Crippen LogP contribution in [0.1, 0.15) is 40.5 Å². The minimum atomic E-state index is -0.744. The molecule has 0 spiro atoms. The summed E-state index contributed by atoms with van der Waals surface area (Å²) in [7, 11) is 0. The highest BCUT2D eigenvalue weighted by Gasteiger charge is 2.21. The van der Waals surface area contributed by atoms with Gasteiger partial charge in [-0.15, -0.1) is 0 Å². The molecule has 0 rings (SSSR count). The lowest BCUT2D eigenvalue weighted by atomic mass is 10.0. The van der Waals surface area contributed by atoms with E-state index in [-0.39, 0.29) is 5.92 Å². The maximum Gasteiger partial charge on any atom is 0.320 e. The van der Waals surface area contributed by atoms with Gasteiger partial charge in [0.1, 0.15) is 6.04 Å². The second-order valence-electron chi connectivity index (χ2n) is 4.15. The van der Waals surface area contributed by atoms with E-state index in [1.165, 1.54) is 0 Å². The number of hydrogen-bond acceptors (Lipinski definition) is 2. The predicted molar refractivity (Wildman–Crippen MR) is 58.3 cm³/mol. The standard InChI is InChI=1S/C11H23NO2/c1-5-9(6-2)7-12-10(8(3)4)11(13)14/h8-10,12H,5-7H2,1-4H3,(H,13,14)/t10-/m1/s1. The highest BCUT2D eigenvalue weighted by molar-refractivity contribution is 5.73. The van der Waals surface area contributed by atoms with Crippen molar-refractivity contribution in [3.8, 4) is 0 Å². The highest BCUT2D eigenvalue weighted by Crippen LogP contribution is 2.08. The summed E-state index contributed by atoms with van der Waals surface area (Å²) in [6, 6.07) is -0.407. The Balaban J connectivity index is 3.99. The smallest absolute Gasteiger partial charge is 0.320 e. The molecule has 0 aliphatic carbocycles. The molecule has 0 amide bonds. The van der Waals surface area contributed by atoms with Gasteiger partial charge in [0.15, 0.2) is 0 Å². The average molecular weight is 201 g/mol. The molecule has 14 heavy (non-hydrogen) atoms. The Morgan fingerprint density at radius 3 is 2.07 bits per heavy atom. The molecule has 0 fully saturated rings. The molecular weight excluding hydrogens is 178 g/mol. The normalized spacial score (nSPS) is 13.6. The minimum absolute atomic E-state index is 0.141. The molecule has 3 heteroatoms. The van der Waals surface area contributed by atoms with Crippen LogP contribution >= 0.6 is 0 Å². The molecule has 0 aromatic heterocycles. The molecule has 0 heterocycles. The van der Waals surface area contributed by atoms with Gasteiger partial charge in [0.05, 0.1) is 0 Å². The van der Waals surface area contributed by atoms with Crippen molar-refractivity contribution in [2.24, 2.45) is 11.8 Å². The van der Waals surface area contributed by atoms with Crippen LogP contribution in [0, 0.1) is 11.8 Å². The third kappa shape index (κ3) is 4.61. The van der Waals surface area contributed by atoms with Gasteiger partial charge in [0.25, 0.3) is 0 Å². The first-order valence-electron chi connectivity index (χ1n) is 5.49. The van der Waals surface area contributed by atoms with E-state index in [1.807, 2.05) is 13.8 Å². The SMILES string of the molecule is CCC(CC)CN[C@@H](C(=O)O)C(C)C. The molecule has 0 unspecified atom stereocenters. The van der Waals surface area contributed by atoms with E-state index in [4.69, 9.17) is 5.11 Å². The number of carboxylic acids is 1. The average Bonchev–Trinajstić information content (AvgIpc) is 2.11. The van der Waals surface area contributed by atoms with Gasteiger partial charge in [-0.1, -0.05) is 40.5 Å². The number of carbonyl (C=O) groups is 1. The van der Waals surface area contributed by atoms with Crippen LogP contribution in [-0.2, 0) is 4.79 Å². The molecule has 0 aromatic carbocycles. The van der Waals surface area contributed by atoms with Gasteiger partial charge in [-0.25, -0.2) is 0 Å². The summed E-state index contributed by atoms with van der Waals surface area (Å²) >= 11 is 0. The molecule has 0 aliphatic heterocycles. The lowest BCUT2D eigenvalue weighted by molar-refractivity contribution is -0.140. The monoisotopic (exact) mass is 201 g/mol. The Kier molecular flexibility index (Phi) is 6.54. The summed E-state index contributed by atoms with van der Waals surface area (Å²) in [5.74, 6) is -0.0107. The van der Waals surface area contributed by atoms with Crippen LogP contribution in [0.5, 0.6) is 0 Å². The van der Waals surface area contributed by atoms with Crippen molar-refractivity contribution in [1.29, 1.82) is 0 Å². The fraction of sp³-hybridized carbons (Fsp3) is 0.909. The second kappa shape index (κ2) is 6.82. The van der Waals surface area contributed by atoms with E-state index < -0.39 is 12.0 Å². The molecule has 3 nitrogen and oxygen atoms in total. The zero-order valence-electron chi connectivity index (χ0n) is 9.71. The second-order valence-corrected chi connectivity index (χ2v) is 4.15. The lowest BCUT2D eigenvalue weighted by Gasteiger charge is -2.21. The summed E-state index contributed by atoms with van der Waals surface area (Å²) < 4.78 is 0. The van der Waals surface area contributed by atoms with E-state index in [0.29, 0.717) is 5.92 Å². The molecule has 0 radical (unpaired) electrons. The first-order chi connectivity index (χ1) is 6.52. The zero-order valence-corrected chi connectivity index (χ0v) is 9.71. The molecule has 0 saturated carbocycles. The van der Waals surface area contributed by atoms with Crippen molar-refractivity contribution in [3.05, 3.63) is 0 Å². The van der Waals surface area contributed by atoms with Crippen LogP contribution in [0.4, 0.5) is 0 Å². The van der Waals surface area contributed by atoms with Crippen molar-refractivity contribution < 1.29 is 9.90 Å². The van der Waals surface area contributed by atoms with Crippen molar-refractivity contribution in [1.82, 2.24) is 5.32 Å². The van der Waals surface area contributed by atoms with E-state index in [2.05, 4.69) is 19.2 Å². The van der Waals surface area contributed by atoms with Gasteiger partial charge in [-0.3, -0.25) is 4.79 Å². The van der Waals surface area contributed by atoms with Crippen LogP contribution in [0.15, 0.2) is 0 Å². The molecule has 2 N–H and O–H groups in total. The molecule has 1 atom stereocenters. The molecule has 0 aromatic rings. The first kappa shape index (κ1) is 13.4. The van der Waals surface area contributed by atoms with Crippen molar-refractivity contribution >= 4 is 5.97 Å². The van der Waals surface area contributed by atoms with Crippen LogP contribution in [0.2, 0.25) is 0 Å². The van der Waals surface area contributed by atoms with E-state index in [1.54, 1.807) is 0 Å². The van der Waals surface area contributed by atoms with E-state index in [0.717, 1.165) is 19.4 Å². The van der Waals surface area contributed by atoms with Gasteiger partial charge in [0.2, 0.25) is 0 Å². The van der Waals surface area contributed by atoms with Gasteiger partial charge in [-0.05, 0) is 18.4 Å². The third-order valence-electron chi connectivity index (χ3n) is 2.71. The molecular formula is C11H23NO2. The van der Waals surface area contributed by atoms with Crippen LogP contribution < -0.4 is 5.32 Å². The van der Waals surface area contributed by atoms with Crippen LogP contribution in [0.3, 0.4) is 0 Å². The fourth-order valence-corrected chi connectivity index (χ4v) is 1.48. The number of hydrogen-bond donors (Lipinski definition) is 2. The summed E-state index contributed by atoms with van der Waals surface area (Å²) in [5.41, 5.74) is 0. The first-order valence-corrected chi connectivity index (χ1v) is 5.49. The summed E-state index contributed by atoms with van der Waals surface area (Å²) in [6.07, 6.45) is 2.21. The van der Waals surface area contributed by atoms with Crippen molar-refractivity contribution in [2.45, 2.75) is 46.6 Å². The van der Waals surface area contributed by atoms with Crippen molar-refractivity contribution in [3.63, 3.8) is 0 Å². The Morgan fingerprint density at radius 1 is 1.29 bits per heavy atom. The predicted octanol–water partition coefficient (Wildman–Crippen LogP) is 2.12. The Morgan fingerprint density at radius 2 is 1.79 bits per heavy atom. The van der Waals surface area contributed by atoms with Gasteiger partial charge < -0.3 is 10.4 Å². The summed E-state index contributed by atoms with van der Waals surface area (Å²) in [6.45, 7) is 8.95. The van der Waals surface area contributed by atoms with Crippen LogP contribution in [-0.4, -0.2) is 23.7 Å². The number of aliphatic carboxylic acids is 1. The Bertz CT molecular complexity index is 165. The topological polar surface area (TPSA) is 49.3 Å². The molecule has 0 aliphatic rings. The van der Waals surface area contributed by atoms with Gasteiger partial charge >= 0.3 is 5.97 Å². The number of carboxylic acid groups (broad SMARTS) is 1. The van der Waals surface area contributed by atoms with E-state index in [9.17, 15) is 4.79 Å².